The molecule has 0 spiro atoms. The van der Waals surface area contributed by atoms with Gasteiger partial charge in [0.2, 0.25) is 0 Å². The van der Waals surface area contributed by atoms with Crippen molar-refractivity contribution in [1.29, 1.82) is 0 Å². The predicted molar refractivity (Wildman–Crippen MR) is 92.9 cm³/mol. The van der Waals surface area contributed by atoms with Crippen molar-refractivity contribution in [3.05, 3.63) is 72.6 Å². The Labute approximate surface area is 146 Å². The summed E-state index contributed by atoms with van der Waals surface area (Å²) in [5, 5.41) is 6.05. The molecule has 8 heteroatoms. The van der Waals surface area contributed by atoms with Gasteiger partial charge < -0.3 is 14.2 Å². The van der Waals surface area contributed by atoms with Crippen molar-refractivity contribution in [2.75, 3.05) is 10.6 Å². The maximum atomic E-state index is 12.4. The SMILES string of the molecule is O=C(Nc1cccc2cccnc12)c1coc(NC(=O)c2ccco2)n1. The summed E-state index contributed by atoms with van der Waals surface area (Å²) in [4.78, 5) is 32.5. The van der Waals surface area contributed by atoms with E-state index in [-0.39, 0.29) is 17.5 Å². The van der Waals surface area contributed by atoms with Crippen LogP contribution in [0.1, 0.15) is 21.0 Å². The first-order valence-corrected chi connectivity index (χ1v) is 7.66. The van der Waals surface area contributed by atoms with Crippen molar-refractivity contribution in [2.45, 2.75) is 0 Å². The minimum atomic E-state index is -0.526. The summed E-state index contributed by atoms with van der Waals surface area (Å²) in [5.74, 6) is -0.900. The van der Waals surface area contributed by atoms with Gasteiger partial charge in [-0.05, 0) is 24.3 Å². The second-order valence-electron chi connectivity index (χ2n) is 5.30. The molecule has 3 aromatic heterocycles. The van der Waals surface area contributed by atoms with Crippen molar-refractivity contribution in [1.82, 2.24) is 9.97 Å². The van der Waals surface area contributed by atoms with E-state index in [0.29, 0.717) is 11.2 Å². The zero-order valence-corrected chi connectivity index (χ0v) is 13.3. The number of nitrogens with zero attached hydrogens (tertiary/aromatic N) is 2. The number of hydrogen-bond donors (Lipinski definition) is 2. The van der Waals surface area contributed by atoms with Gasteiger partial charge in [-0.25, -0.2) is 0 Å². The van der Waals surface area contributed by atoms with Gasteiger partial charge in [0.05, 0.1) is 17.5 Å². The summed E-state index contributed by atoms with van der Waals surface area (Å²) in [6.45, 7) is 0. The monoisotopic (exact) mass is 348 g/mol. The molecule has 2 amide bonds. The lowest BCUT2D eigenvalue weighted by Gasteiger charge is -2.06. The number of carbonyl (C=O) groups excluding carboxylic acids is 2. The van der Waals surface area contributed by atoms with E-state index in [2.05, 4.69) is 20.6 Å². The van der Waals surface area contributed by atoms with Gasteiger partial charge in [0.1, 0.15) is 6.26 Å². The number of hydrogen-bond acceptors (Lipinski definition) is 6. The fourth-order valence-corrected chi connectivity index (χ4v) is 2.39. The van der Waals surface area contributed by atoms with Crippen LogP contribution in [-0.2, 0) is 0 Å². The summed E-state index contributed by atoms with van der Waals surface area (Å²) in [7, 11) is 0. The number of carbonyl (C=O) groups is 2. The number of oxazole rings is 1. The van der Waals surface area contributed by atoms with Crippen molar-refractivity contribution in [3.8, 4) is 0 Å². The van der Waals surface area contributed by atoms with Gasteiger partial charge in [0, 0.05) is 11.6 Å². The number of aromatic nitrogens is 2. The van der Waals surface area contributed by atoms with Crippen LogP contribution in [0.4, 0.5) is 11.7 Å². The number of anilines is 2. The first-order chi connectivity index (χ1) is 12.7. The summed E-state index contributed by atoms with van der Waals surface area (Å²) in [6.07, 6.45) is 4.18. The van der Waals surface area contributed by atoms with Gasteiger partial charge in [0.15, 0.2) is 11.5 Å². The zero-order chi connectivity index (χ0) is 17.9. The Morgan fingerprint density at radius 1 is 0.923 bits per heavy atom. The largest absolute Gasteiger partial charge is 0.459 e. The third-order valence-corrected chi connectivity index (χ3v) is 3.58. The van der Waals surface area contributed by atoms with Gasteiger partial charge in [-0.3, -0.25) is 19.9 Å². The maximum absolute atomic E-state index is 12.4. The molecule has 0 aliphatic rings. The van der Waals surface area contributed by atoms with Gasteiger partial charge in [-0.1, -0.05) is 18.2 Å². The normalized spacial score (nSPS) is 10.6. The molecule has 128 valence electrons. The van der Waals surface area contributed by atoms with Crippen LogP contribution < -0.4 is 10.6 Å². The fourth-order valence-electron chi connectivity index (χ4n) is 2.39. The summed E-state index contributed by atoms with van der Waals surface area (Å²) >= 11 is 0. The molecule has 1 aromatic carbocycles. The number of para-hydroxylation sites is 1. The molecule has 4 rings (SSSR count). The molecular weight excluding hydrogens is 336 g/mol. The first kappa shape index (κ1) is 15.6. The Hall–Kier alpha value is -3.94. The van der Waals surface area contributed by atoms with Crippen LogP contribution in [-0.4, -0.2) is 21.8 Å². The summed E-state index contributed by atoms with van der Waals surface area (Å²) in [6, 6.07) is 12.2. The van der Waals surface area contributed by atoms with Gasteiger partial charge in [0.25, 0.3) is 11.8 Å². The van der Waals surface area contributed by atoms with E-state index >= 15 is 0 Å². The lowest BCUT2D eigenvalue weighted by atomic mass is 10.2. The van der Waals surface area contributed by atoms with Crippen LogP contribution >= 0.6 is 0 Å². The smallest absolute Gasteiger partial charge is 0.302 e. The van der Waals surface area contributed by atoms with Crippen LogP contribution in [0.25, 0.3) is 10.9 Å². The van der Waals surface area contributed by atoms with Crippen LogP contribution in [0.15, 0.2) is 70.0 Å². The van der Waals surface area contributed by atoms with Gasteiger partial charge in [-0.15, -0.1) is 0 Å². The van der Waals surface area contributed by atoms with E-state index in [1.54, 1.807) is 18.3 Å². The third kappa shape index (κ3) is 3.03. The second-order valence-corrected chi connectivity index (χ2v) is 5.30. The van der Waals surface area contributed by atoms with Crippen molar-refractivity contribution >= 4 is 34.4 Å². The topological polar surface area (TPSA) is 110 Å². The molecule has 0 fully saturated rings. The minimum absolute atomic E-state index is 0.0210. The maximum Gasteiger partial charge on any atom is 0.302 e. The molecule has 8 nitrogen and oxygen atoms in total. The summed E-state index contributed by atoms with van der Waals surface area (Å²) in [5.41, 5.74) is 1.24. The molecule has 0 aliphatic carbocycles. The van der Waals surface area contributed by atoms with E-state index in [1.165, 1.54) is 12.3 Å². The van der Waals surface area contributed by atoms with E-state index in [4.69, 9.17) is 8.83 Å². The van der Waals surface area contributed by atoms with Gasteiger partial charge in [-0.2, -0.15) is 4.98 Å². The van der Waals surface area contributed by atoms with E-state index < -0.39 is 11.8 Å². The Bertz CT molecular complexity index is 1080. The average molecular weight is 348 g/mol. The molecule has 2 N–H and O–H groups in total. The zero-order valence-electron chi connectivity index (χ0n) is 13.3. The van der Waals surface area contributed by atoms with Crippen LogP contribution in [0, 0.1) is 0 Å². The highest BCUT2D eigenvalue weighted by molar-refractivity contribution is 6.07. The molecule has 0 saturated carbocycles. The van der Waals surface area contributed by atoms with Crippen LogP contribution in [0.2, 0.25) is 0 Å². The quantitative estimate of drug-likeness (QED) is 0.585. The molecule has 3 heterocycles. The third-order valence-electron chi connectivity index (χ3n) is 3.58. The number of rotatable bonds is 4. The number of amides is 2. The van der Waals surface area contributed by atoms with Crippen molar-refractivity contribution in [3.63, 3.8) is 0 Å². The van der Waals surface area contributed by atoms with E-state index in [9.17, 15) is 9.59 Å². The lowest BCUT2D eigenvalue weighted by molar-refractivity contribution is 0.0990. The molecule has 0 bridgehead atoms. The fraction of sp³-hybridized carbons (Fsp3) is 0. The highest BCUT2D eigenvalue weighted by Gasteiger charge is 2.17. The molecule has 0 saturated heterocycles. The first-order valence-electron chi connectivity index (χ1n) is 7.66. The summed E-state index contributed by atoms with van der Waals surface area (Å²) < 4.78 is 10.1. The molecule has 0 atom stereocenters. The number of nitrogens with one attached hydrogen (secondary N) is 2. The Kier molecular flexibility index (Phi) is 3.91. The van der Waals surface area contributed by atoms with Crippen molar-refractivity contribution in [2.24, 2.45) is 0 Å². The standard InChI is InChI=1S/C18H12N4O4/c23-16(20-12-6-1-4-11-5-2-8-19-15(11)12)13-10-26-18(21-13)22-17(24)14-7-3-9-25-14/h1-10H,(H,20,23)(H,21,22,24). The highest BCUT2D eigenvalue weighted by Crippen LogP contribution is 2.21. The Morgan fingerprint density at radius 2 is 1.81 bits per heavy atom. The van der Waals surface area contributed by atoms with Crippen LogP contribution in [0.5, 0.6) is 0 Å². The number of fused-ring (bicyclic) bond motifs is 1. The minimum Gasteiger partial charge on any atom is -0.459 e. The number of furan rings is 1. The molecular formula is C18H12N4O4. The second kappa shape index (κ2) is 6.52. The predicted octanol–water partition coefficient (Wildman–Crippen LogP) is 3.32. The molecule has 4 aromatic rings. The van der Waals surface area contributed by atoms with Crippen LogP contribution in [0.3, 0.4) is 0 Å². The molecule has 26 heavy (non-hydrogen) atoms. The Morgan fingerprint density at radius 3 is 2.65 bits per heavy atom. The van der Waals surface area contributed by atoms with Gasteiger partial charge >= 0.3 is 6.01 Å². The van der Waals surface area contributed by atoms with E-state index in [0.717, 1.165) is 11.6 Å². The van der Waals surface area contributed by atoms with Crippen molar-refractivity contribution < 1.29 is 18.4 Å². The molecule has 0 unspecified atom stereocenters. The number of pyridine rings is 1. The average Bonchev–Trinajstić information content (AvgIpc) is 3.34. The molecule has 0 aliphatic heterocycles. The molecule has 0 radical (unpaired) electrons. The highest BCUT2D eigenvalue weighted by atomic mass is 16.4. The number of benzene rings is 1. The van der Waals surface area contributed by atoms with E-state index in [1.807, 2.05) is 24.3 Å². The Balaban J connectivity index is 1.50. The lowest BCUT2D eigenvalue weighted by Crippen LogP contribution is -2.14.